The summed E-state index contributed by atoms with van der Waals surface area (Å²) < 4.78 is 5.97. The second kappa shape index (κ2) is 3.22. The van der Waals surface area contributed by atoms with E-state index in [0.29, 0.717) is 5.88 Å². The van der Waals surface area contributed by atoms with Crippen molar-refractivity contribution in [1.82, 2.24) is 4.98 Å². The van der Waals surface area contributed by atoms with E-state index in [1.165, 1.54) is 5.56 Å². The van der Waals surface area contributed by atoms with Crippen LogP contribution in [0.3, 0.4) is 0 Å². The van der Waals surface area contributed by atoms with Gasteiger partial charge in [-0.2, -0.15) is 0 Å². The van der Waals surface area contributed by atoms with E-state index in [0.717, 1.165) is 10.0 Å². The van der Waals surface area contributed by atoms with Crippen LogP contribution in [0.2, 0.25) is 0 Å². The van der Waals surface area contributed by atoms with Crippen LogP contribution in [0.25, 0.3) is 0 Å². The third-order valence-corrected chi connectivity index (χ3v) is 2.61. The highest BCUT2D eigenvalue weighted by Gasteiger charge is 2.05. The van der Waals surface area contributed by atoms with E-state index in [1.807, 2.05) is 13.8 Å². The lowest BCUT2D eigenvalue weighted by molar-refractivity contribution is 0.394. The van der Waals surface area contributed by atoms with Crippen molar-refractivity contribution in [1.29, 1.82) is 0 Å². The summed E-state index contributed by atoms with van der Waals surface area (Å²) in [5, 5.41) is 0. The molecular weight excluding hydrogens is 206 g/mol. The fourth-order valence-electron chi connectivity index (χ4n) is 0.785. The summed E-state index contributed by atoms with van der Waals surface area (Å²) in [5.41, 5.74) is 2.34. The van der Waals surface area contributed by atoms with Gasteiger partial charge in [0.15, 0.2) is 0 Å². The fourth-order valence-corrected chi connectivity index (χ4v) is 1.36. The maximum Gasteiger partial charge on any atom is 0.227 e. The van der Waals surface area contributed by atoms with Crippen molar-refractivity contribution >= 4 is 15.9 Å². The summed E-state index contributed by atoms with van der Waals surface area (Å²) in [6.45, 7) is 4.05. The Hall–Kier alpha value is -0.570. The minimum Gasteiger partial charge on any atom is -0.480 e. The van der Waals surface area contributed by atoms with Crippen molar-refractivity contribution < 1.29 is 4.74 Å². The van der Waals surface area contributed by atoms with Crippen LogP contribution >= 0.6 is 15.9 Å². The lowest BCUT2D eigenvalue weighted by Gasteiger charge is -2.06. The Morgan fingerprint density at radius 1 is 1.45 bits per heavy atom. The van der Waals surface area contributed by atoms with E-state index < -0.39 is 0 Å². The van der Waals surface area contributed by atoms with Crippen molar-refractivity contribution in [3.8, 4) is 5.88 Å². The molecule has 0 aliphatic carbocycles. The number of rotatable bonds is 1. The van der Waals surface area contributed by atoms with Crippen LogP contribution in [0.1, 0.15) is 11.1 Å². The lowest BCUT2D eigenvalue weighted by Crippen LogP contribution is -1.92. The molecule has 0 spiro atoms. The average Bonchev–Trinajstić information content (AvgIpc) is 2.01. The smallest absolute Gasteiger partial charge is 0.227 e. The van der Waals surface area contributed by atoms with Gasteiger partial charge in [-0.25, -0.2) is 4.98 Å². The molecule has 0 N–H and O–H groups in total. The highest BCUT2D eigenvalue weighted by Crippen LogP contribution is 2.27. The average molecular weight is 216 g/mol. The second-order valence-corrected chi connectivity index (χ2v) is 3.18. The van der Waals surface area contributed by atoms with Gasteiger partial charge in [-0.3, -0.25) is 0 Å². The number of hydrogen-bond donors (Lipinski definition) is 0. The standard InChI is InChI=1S/C8H10BrNO/c1-5-4-10-8(11-3)7(9)6(5)2/h4H,1-3H3. The second-order valence-electron chi connectivity index (χ2n) is 2.39. The Morgan fingerprint density at radius 2 is 2.09 bits per heavy atom. The molecule has 1 heterocycles. The number of ether oxygens (including phenoxy) is 1. The third-order valence-electron chi connectivity index (χ3n) is 1.68. The predicted octanol–water partition coefficient (Wildman–Crippen LogP) is 2.47. The van der Waals surface area contributed by atoms with Crippen LogP contribution in [0.4, 0.5) is 0 Å². The van der Waals surface area contributed by atoms with Gasteiger partial charge in [0.05, 0.1) is 11.6 Å². The molecule has 0 aliphatic rings. The fraction of sp³-hybridized carbons (Fsp3) is 0.375. The molecule has 0 aromatic carbocycles. The molecule has 60 valence electrons. The van der Waals surface area contributed by atoms with Crippen molar-refractivity contribution in [2.24, 2.45) is 0 Å². The van der Waals surface area contributed by atoms with Crippen molar-refractivity contribution in [2.45, 2.75) is 13.8 Å². The number of nitrogens with zero attached hydrogens (tertiary/aromatic N) is 1. The zero-order valence-electron chi connectivity index (χ0n) is 6.81. The van der Waals surface area contributed by atoms with E-state index in [9.17, 15) is 0 Å². The van der Waals surface area contributed by atoms with E-state index >= 15 is 0 Å². The van der Waals surface area contributed by atoms with Crippen LogP contribution < -0.4 is 4.74 Å². The minimum atomic E-state index is 0.646. The van der Waals surface area contributed by atoms with Crippen LogP contribution in [-0.2, 0) is 0 Å². The van der Waals surface area contributed by atoms with Gasteiger partial charge < -0.3 is 4.74 Å². The topological polar surface area (TPSA) is 22.1 Å². The van der Waals surface area contributed by atoms with Crippen LogP contribution in [0.15, 0.2) is 10.7 Å². The molecule has 0 unspecified atom stereocenters. The quantitative estimate of drug-likeness (QED) is 0.719. The number of halogens is 1. The van der Waals surface area contributed by atoms with Crippen molar-refractivity contribution in [2.75, 3.05) is 7.11 Å². The first-order valence-corrected chi connectivity index (χ1v) is 4.11. The summed E-state index contributed by atoms with van der Waals surface area (Å²) in [6.07, 6.45) is 1.80. The summed E-state index contributed by atoms with van der Waals surface area (Å²) in [7, 11) is 1.61. The largest absolute Gasteiger partial charge is 0.480 e. The molecule has 0 saturated heterocycles. The lowest BCUT2D eigenvalue weighted by atomic mass is 10.2. The van der Waals surface area contributed by atoms with E-state index in [2.05, 4.69) is 20.9 Å². The van der Waals surface area contributed by atoms with Gasteiger partial charge in [0.2, 0.25) is 5.88 Å². The summed E-state index contributed by atoms with van der Waals surface area (Å²) in [6, 6.07) is 0. The normalized spacial score (nSPS) is 9.82. The predicted molar refractivity (Wildman–Crippen MR) is 48.0 cm³/mol. The van der Waals surface area contributed by atoms with Crippen molar-refractivity contribution in [3.63, 3.8) is 0 Å². The van der Waals surface area contributed by atoms with E-state index in [4.69, 9.17) is 4.74 Å². The van der Waals surface area contributed by atoms with Gasteiger partial charge in [0, 0.05) is 6.20 Å². The summed E-state index contributed by atoms with van der Waals surface area (Å²) in [5.74, 6) is 0.646. The number of aryl methyl sites for hydroxylation is 1. The summed E-state index contributed by atoms with van der Waals surface area (Å²) in [4.78, 5) is 4.09. The number of aromatic nitrogens is 1. The first-order valence-electron chi connectivity index (χ1n) is 3.32. The highest BCUT2D eigenvalue weighted by molar-refractivity contribution is 9.10. The Bertz CT molecular complexity index is 273. The molecule has 11 heavy (non-hydrogen) atoms. The Labute approximate surface area is 74.7 Å². The minimum absolute atomic E-state index is 0.646. The van der Waals surface area contributed by atoms with Gasteiger partial charge in [0.25, 0.3) is 0 Å². The number of pyridine rings is 1. The van der Waals surface area contributed by atoms with Gasteiger partial charge >= 0.3 is 0 Å². The molecule has 1 rings (SSSR count). The molecule has 1 aromatic rings. The maximum atomic E-state index is 5.02. The van der Waals surface area contributed by atoms with E-state index in [1.54, 1.807) is 13.3 Å². The number of hydrogen-bond acceptors (Lipinski definition) is 2. The van der Waals surface area contributed by atoms with Gasteiger partial charge in [0.1, 0.15) is 0 Å². The molecule has 0 atom stereocenters. The Kier molecular flexibility index (Phi) is 2.49. The Balaban J connectivity index is 3.25. The maximum absolute atomic E-state index is 5.02. The molecule has 0 bridgehead atoms. The SMILES string of the molecule is COc1ncc(C)c(C)c1Br. The molecule has 0 fully saturated rings. The highest BCUT2D eigenvalue weighted by atomic mass is 79.9. The van der Waals surface area contributed by atoms with Crippen LogP contribution in [-0.4, -0.2) is 12.1 Å². The molecule has 0 saturated carbocycles. The third kappa shape index (κ3) is 1.53. The van der Waals surface area contributed by atoms with E-state index in [-0.39, 0.29) is 0 Å². The first-order chi connectivity index (χ1) is 5.16. The zero-order valence-corrected chi connectivity index (χ0v) is 8.40. The molecule has 3 heteroatoms. The number of methoxy groups -OCH3 is 1. The van der Waals surface area contributed by atoms with Crippen molar-refractivity contribution in [3.05, 3.63) is 21.8 Å². The molecule has 1 aromatic heterocycles. The first kappa shape index (κ1) is 8.53. The van der Waals surface area contributed by atoms with Crippen LogP contribution in [0, 0.1) is 13.8 Å². The van der Waals surface area contributed by atoms with Crippen LogP contribution in [0.5, 0.6) is 5.88 Å². The van der Waals surface area contributed by atoms with Gasteiger partial charge in [-0.05, 0) is 40.9 Å². The molecule has 0 radical (unpaired) electrons. The Morgan fingerprint density at radius 3 is 2.64 bits per heavy atom. The molecule has 0 aliphatic heterocycles. The monoisotopic (exact) mass is 215 g/mol. The van der Waals surface area contributed by atoms with Gasteiger partial charge in [-0.15, -0.1) is 0 Å². The molecular formula is C8H10BrNO. The van der Waals surface area contributed by atoms with Gasteiger partial charge in [-0.1, -0.05) is 0 Å². The summed E-state index contributed by atoms with van der Waals surface area (Å²) >= 11 is 3.40. The zero-order chi connectivity index (χ0) is 8.43. The molecule has 2 nitrogen and oxygen atoms in total. The molecule has 0 amide bonds.